The van der Waals surface area contributed by atoms with Gasteiger partial charge in [0, 0.05) is 25.4 Å². The van der Waals surface area contributed by atoms with Gasteiger partial charge in [-0.3, -0.25) is 0 Å². The highest BCUT2D eigenvalue weighted by molar-refractivity contribution is 8.00. The second-order valence-corrected chi connectivity index (χ2v) is 5.39. The van der Waals surface area contributed by atoms with Crippen LogP contribution in [0.4, 0.5) is 13.2 Å². The molecule has 0 bridgehead atoms. The lowest BCUT2D eigenvalue weighted by Crippen LogP contribution is -2.28. The maximum Gasteiger partial charge on any atom is 0.441 e. The van der Waals surface area contributed by atoms with Crippen LogP contribution in [0.2, 0.25) is 0 Å². The number of thioether (sulfide) groups is 1. The van der Waals surface area contributed by atoms with Gasteiger partial charge in [-0.25, -0.2) is 0 Å². The Morgan fingerprint density at radius 2 is 1.80 bits per heavy atom. The van der Waals surface area contributed by atoms with E-state index in [-0.39, 0.29) is 17.5 Å². The van der Waals surface area contributed by atoms with Gasteiger partial charge in [0.05, 0.1) is 0 Å². The normalized spacial score (nSPS) is 32.2. The number of halogens is 3. The van der Waals surface area contributed by atoms with Gasteiger partial charge in [0.15, 0.2) is 0 Å². The molecule has 2 nitrogen and oxygen atoms in total. The molecule has 0 aromatic heterocycles. The molecule has 2 atom stereocenters. The van der Waals surface area contributed by atoms with Gasteiger partial charge >= 0.3 is 5.51 Å². The first kappa shape index (κ1) is 11.5. The number of rotatable bonds is 3. The molecule has 0 amide bonds. The van der Waals surface area contributed by atoms with Gasteiger partial charge in [0.25, 0.3) is 0 Å². The molecule has 2 aliphatic heterocycles. The summed E-state index contributed by atoms with van der Waals surface area (Å²) >= 11 is 0.0912. The lowest BCUT2D eigenvalue weighted by molar-refractivity contribution is -0.0328. The van der Waals surface area contributed by atoms with Crippen LogP contribution >= 0.6 is 11.8 Å². The van der Waals surface area contributed by atoms with Gasteiger partial charge in [-0.05, 0) is 36.7 Å². The predicted octanol–water partition coefficient (Wildman–Crippen LogP) is 1.39. The minimum atomic E-state index is -4.07. The topological polar surface area (TPSA) is 15.3 Å². The van der Waals surface area contributed by atoms with Crippen LogP contribution in [0.25, 0.3) is 0 Å². The Kier molecular flexibility index (Phi) is 3.47. The van der Waals surface area contributed by atoms with Crippen LogP contribution in [0, 0.1) is 11.8 Å². The van der Waals surface area contributed by atoms with E-state index in [1.54, 1.807) is 0 Å². The van der Waals surface area contributed by atoms with Crippen molar-refractivity contribution in [1.82, 2.24) is 10.2 Å². The van der Waals surface area contributed by atoms with Crippen LogP contribution in [0.1, 0.15) is 0 Å². The average molecular weight is 240 g/mol. The lowest BCUT2D eigenvalue weighted by Gasteiger charge is -2.16. The molecule has 88 valence electrons. The summed E-state index contributed by atoms with van der Waals surface area (Å²) in [6.45, 7) is 4.57. The zero-order valence-corrected chi connectivity index (χ0v) is 9.20. The molecule has 1 N–H and O–H groups in total. The standard InChI is InChI=1S/C9H15F3N2S/c10-9(11,12)15-2-1-14-5-7-3-13-4-8(7)6-14/h7-8,13H,1-6H2. The van der Waals surface area contributed by atoms with Crippen molar-refractivity contribution < 1.29 is 13.2 Å². The number of nitrogens with one attached hydrogen (secondary N) is 1. The van der Waals surface area contributed by atoms with Gasteiger partial charge in [-0.1, -0.05) is 0 Å². The first-order valence-electron chi connectivity index (χ1n) is 5.18. The average Bonchev–Trinajstić information content (AvgIpc) is 2.60. The molecule has 0 spiro atoms. The van der Waals surface area contributed by atoms with Crippen LogP contribution in [0.3, 0.4) is 0 Å². The Bertz CT molecular complexity index is 210. The van der Waals surface area contributed by atoms with Crippen molar-refractivity contribution in [1.29, 1.82) is 0 Å². The summed E-state index contributed by atoms with van der Waals surface area (Å²) in [5.74, 6) is 1.50. The Balaban J connectivity index is 1.65. The molecule has 2 unspecified atom stereocenters. The molecule has 0 aliphatic carbocycles. The van der Waals surface area contributed by atoms with E-state index in [2.05, 4.69) is 10.2 Å². The minimum Gasteiger partial charge on any atom is -0.316 e. The highest BCUT2D eigenvalue weighted by Gasteiger charge is 2.36. The van der Waals surface area contributed by atoms with Crippen LogP contribution < -0.4 is 5.32 Å². The quantitative estimate of drug-likeness (QED) is 0.802. The molecular weight excluding hydrogens is 225 g/mol. The monoisotopic (exact) mass is 240 g/mol. The molecule has 2 aliphatic rings. The zero-order valence-electron chi connectivity index (χ0n) is 8.39. The van der Waals surface area contributed by atoms with Gasteiger partial charge in [-0.2, -0.15) is 13.2 Å². The van der Waals surface area contributed by atoms with E-state index in [1.165, 1.54) is 0 Å². The van der Waals surface area contributed by atoms with Gasteiger partial charge in [-0.15, -0.1) is 0 Å². The number of hydrogen-bond acceptors (Lipinski definition) is 3. The van der Waals surface area contributed by atoms with Crippen molar-refractivity contribution in [3.8, 4) is 0 Å². The van der Waals surface area contributed by atoms with E-state index in [0.717, 1.165) is 26.2 Å². The number of fused-ring (bicyclic) bond motifs is 1. The fourth-order valence-corrected chi connectivity index (χ4v) is 3.01. The van der Waals surface area contributed by atoms with Gasteiger partial charge < -0.3 is 10.2 Å². The molecule has 0 saturated carbocycles. The summed E-state index contributed by atoms with van der Waals surface area (Å²) in [6.07, 6.45) is 0. The van der Waals surface area contributed by atoms with Crippen molar-refractivity contribution in [2.75, 3.05) is 38.5 Å². The smallest absolute Gasteiger partial charge is 0.316 e. The van der Waals surface area contributed by atoms with Crippen LogP contribution in [-0.2, 0) is 0 Å². The predicted molar refractivity (Wildman–Crippen MR) is 54.8 cm³/mol. The van der Waals surface area contributed by atoms with Crippen LogP contribution in [0.15, 0.2) is 0 Å². The lowest BCUT2D eigenvalue weighted by atomic mass is 10.0. The third-order valence-corrected chi connectivity index (χ3v) is 3.85. The fraction of sp³-hybridized carbons (Fsp3) is 1.00. The Morgan fingerprint density at radius 3 is 2.33 bits per heavy atom. The molecule has 0 radical (unpaired) electrons. The molecule has 15 heavy (non-hydrogen) atoms. The minimum absolute atomic E-state index is 0.0912. The molecule has 0 aromatic rings. The molecule has 6 heteroatoms. The summed E-state index contributed by atoms with van der Waals surface area (Å²) in [4.78, 5) is 2.16. The SMILES string of the molecule is FC(F)(F)SCCN1CC2CNCC2C1. The molecule has 2 fully saturated rings. The number of nitrogens with zero attached hydrogens (tertiary/aromatic N) is 1. The largest absolute Gasteiger partial charge is 0.441 e. The van der Waals surface area contributed by atoms with Crippen molar-refractivity contribution in [3.05, 3.63) is 0 Å². The second kappa shape index (κ2) is 4.51. The molecule has 2 saturated heterocycles. The second-order valence-electron chi connectivity index (χ2n) is 4.23. The van der Waals surface area contributed by atoms with Gasteiger partial charge in [0.1, 0.15) is 0 Å². The first-order valence-corrected chi connectivity index (χ1v) is 6.17. The van der Waals surface area contributed by atoms with Crippen LogP contribution in [-0.4, -0.2) is 48.9 Å². The first-order chi connectivity index (χ1) is 7.04. The molecule has 2 rings (SSSR count). The third kappa shape index (κ3) is 3.26. The summed E-state index contributed by atoms with van der Waals surface area (Å²) in [5, 5.41) is 3.31. The maximum atomic E-state index is 11.9. The van der Waals surface area contributed by atoms with E-state index in [1.807, 2.05) is 0 Å². The van der Waals surface area contributed by atoms with Crippen molar-refractivity contribution >= 4 is 11.8 Å². The molecular formula is C9H15F3N2S. The van der Waals surface area contributed by atoms with E-state index >= 15 is 0 Å². The number of hydrogen-bond donors (Lipinski definition) is 1. The fourth-order valence-electron chi connectivity index (χ4n) is 2.43. The maximum absolute atomic E-state index is 11.9. The van der Waals surface area contributed by atoms with E-state index < -0.39 is 5.51 Å². The third-order valence-electron chi connectivity index (χ3n) is 3.14. The highest BCUT2D eigenvalue weighted by Crippen LogP contribution is 2.31. The highest BCUT2D eigenvalue weighted by atomic mass is 32.2. The van der Waals surface area contributed by atoms with E-state index in [0.29, 0.717) is 18.4 Å². The summed E-state index contributed by atoms with van der Waals surface area (Å²) in [7, 11) is 0. The Morgan fingerprint density at radius 1 is 1.20 bits per heavy atom. The molecule has 2 heterocycles. The summed E-state index contributed by atoms with van der Waals surface area (Å²) < 4.78 is 35.7. The van der Waals surface area contributed by atoms with Crippen molar-refractivity contribution in [2.45, 2.75) is 5.51 Å². The molecule has 0 aromatic carbocycles. The number of likely N-dealkylation sites (tertiary alicyclic amines) is 1. The van der Waals surface area contributed by atoms with Crippen LogP contribution in [0.5, 0.6) is 0 Å². The van der Waals surface area contributed by atoms with E-state index in [4.69, 9.17) is 0 Å². The van der Waals surface area contributed by atoms with Crippen molar-refractivity contribution in [3.63, 3.8) is 0 Å². The Hall–Kier alpha value is 0.0600. The summed E-state index contributed by atoms with van der Waals surface area (Å²) in [6, 6.07) is 0. The zero-order chi connectivity index (χ0) is 10.9. The Labute approximate surface area is 91.6 Å². The number of alkyl halides is 3. The van der Waals surface area contributed by atoms with Crippen molar-refractivity contribution in [2.24, 2.45) is 11.8 Å². The van der Waals surface area contributed by atoms with Gasteiger partial charge in [0.2, 0.25) is 0 Å². The van der Waals surface area contributed by atoms with E-state index in [9.17, 15) is 13.2 Å². The summed E-state index contributed by atoms with van der Waals surface area (Å²) in [5.41, 5.74) is -4.07.